The quantitative estimate of drug-likeness (QED) is 0.526. The first-order valence-electron chi connectivity index (χ1n) is 5.83. The fraction of sp³-hybridized carbons (Fsp3) is 0. The zero-order chi connectivity index (χ0) is 16.3. The van der Waals surface area contributed by atoms with Gasteiger partial charge in [-0.2, -0.15) is 4.39 Å². The summed E-state index contributed by atoms with van der Waals surface area (Å²) < 4.78 is 34.9. The predicted molar refractivity (Wildman–Crippen MR) is 74.6 cm³/mol. The maximum atomic E-state index is 13.2. The molecule has 2 rings (SSSR count). The first-order valence-corrected chi connectivity index (χ1v) is 6.90. The average molecular weight is 323 g/mol. The summed E-state index contributed by atoms with van der Waals surface area (Å²) in [6.45, 7) is 0. The highest BCUT2D eigenvalue weighted by Crippen LogP contribution is 2.22. The third-order valence-electron chi connectivity index (χ3n) is 2.69. The van der Waals surface area contributed by atoms with Crippen LogP contribution in [0.2, 0.25) is 0 Å². The van der Waals surface area contributed by atoms with E-state index in [0.717, 1.165) is 24.3 Å². The lowest BCUT2D eigenvalue weighted by Gasteiger charge is -2.08. The molecule has 0 aliphatic heterocycles. The Hall–Kier alpha value is -2.65. The summed E-state index contributed by atoms with van der Waals surface area (Å²) in [6.07, 6.45) is 0. The van der Waals surface area contributed by atoms with Crippen molar-refractivity contribution in [1.82, 2.24) is 0 Å². The zero-order valence-corrected chi connectivity index (χ0v) is 11.6. The number of anilines is 1. The molecule has 2 aromatic carbocycles. The summed E-state index contributed by atoms with van der Waals surface area (Å²) in [5, 5.41) is 13.0. The summed E-state index contributed by atoms with van der Waals surface area (Å²) >= 11 is -2.48. The van der Waals surface area contributed by atoms with Crippen LogP contribution in [0, 0.1) is 15.9 Å². The molecule has 0 aliphatic rings. The molecule has 0 radical (unpaired) electrons. The van der Waals surface area contributed by atoms with Crippen molar-refractivity contribution >= 4 is 28.4 Å². The second-order valence-corrected chi connectivity index (χ2v) is 5.08. The monoisotopic (exact) mass is 323 g/mol. The maximum absolute atomic E-state index is 13.2. The Morgan fingerprint density at radius 1 is 1.23 bits per heavy atom. The van der Waals surface area contributed by atoms with E-state index in [-0.39, 0.29) is 16.1 Å². The highest BCUT2D eigenvalue weighted by Gasteiger charge is 2.16. The molecule has 0 fully saturated rings. The van der Waals surface area contributed by atoms with Crippen LogP contribution in [-0.4, -0.2) is 19.6 Å². The first kappa shape index (κ1) is 15.7. The number of nitrogens with one attached hydrogen (secondary N) is 1. The van der Waals surface area contributed by atoms with E-state index in [2.05, 4.69) is 5.32 Å². The van der Waals surface area contributed by atoms with Crippen LogP contribution in [0.15, 0.2) is 47.4 Å². The standard InChI is InChI=1S/C13H9FN2O5S/c14-11-5-4-9(7-12(11)16(18)19)15-13(17)8-2-1-3-10(6-8)22(20)21/h1-7H,(H,15,17)(H,20,21)/p-1. The molecule has 0 heterocycles. The molecule has 0 saturated heterocycles. The van der Waals surface area contributed by atoms with Gasteiger partial charge in [0.2, 0.25) is 5.82 Å². The topological polar surface area (TPSA) is 112 Å². The molecule has 0 aliphatic carbocycles. The Morgan fingerprint density at radius 3 is 2.59 bits per heavy atom. The molecule has 0 saturated carbocycles. The second-order valence-electron chi connectivity index (χ2n) is 4.14. The lowest BCUT2D eigenvalue weighted by atomic mass is 10.2. The molecule has 2 aromatic rings. The van der Waals surface area contributed by atoms with Gasteiger partial charge in [0.25, 0.3) is 5.91 Å². The van der Waals surface area contributed by atoms with Crippen molar-refractivity contribution in [2.24, 2.45) is 0 Å². The van der Waals surface area contributed by atoms with Crippen molar-refractivity contribution in [2.75, 3.05) is 5.32 Å². The molecule has 0 spiro atoms. The van der Waals surface area contributed by atoms with Gasteiger partial charge in [0.05, 0.1) is 4.92 Å². The molecule has 1 N–H and O–H groups in total. The normalized spacial score (nSPS) is 11.7. The number of amides is 1. The van der Waals surface area contributed by atoms with Crippen LogP contribution < -0.4 is 5.32 Å². The molecule has 1 amide bonds. The van der Waals surface area contributed by atoms with Gasteiger partial charge in [0.15, 0.2) is 0 Å². The number of nitro groups is 1. The van der Waals surface area contributed by atoms with Crippen molar-refractivity contribution in [3.8, 4) is 0 Å². The molecular weight excluding hydrogens is 315 g/mol. The van der Waals surface area contributed by atoms with Gasteiger partial charge in [0.1, 0.15) is 0 Å². The minimum absolute atomic E-state index is 0.0201. The van der Waals surface area contributed by atoms with Crippen molar-refractivity contribution in [3.05, 3.63) is 64.0 Å². The van der Waals surface area contributed by atoms with Gasteiger partial charge in [0, 0.05) is 22.2 Å². The highest BCUT2D eigenvalue weighted by atomic mass is 32.2. The van der Waals surface area contributed by atoms with Crippen molar-refractivity contribution in [2.45, 2.75) is 4.90 Å². The second kappa shape index (κ2) is 6.41. The lowest BCUT2D eigenvalue weighted by Crippen LogP contribution is -2.12. The number of benzene rings is 2. The molecule has 9 heteroatoms. The Balaban J connectivity index is 2.26. The largest absolute Gasteiger partial charge is 0.768 e. The number of nitrogens with zero attached hydrogens (tertiary/aromatic N) is 1. The number of rotatable bonds is 4. The van der Waals surface area contributed by atoms with E-state index in [4.69, 9.17) is 0 Å². The smallest absolute Gasteiger partial charge is 0.306 e. The van der Waals surface area contributed by atoms with Gasteiger partial charge in [-0.3, -0.25) is 19.1 Å². The van der Waals surface area contributed by atoms with E-state index >= 15 is 0 Å². The third-order valence-corrected chi connectivity index (χ3v) is 3.33. The van der Waals surface area contributed by atoms with Crippen LogP contribution in [0.25, 0.3) is 0 Å². The third kappa shape index (κ3) is 3.51. The van der Waals surface area contributed by atoms with Crippen LogP contribution in [-0.2, 0) is 11.1 Å². The Bertz CT molecular complexity index is 781. The summed E-state index contributed by atoms with van der Waals surface area (Å²) in [6, 6.07) is 8.12. The number of nitro benzene ring substituents is 1. The number of carbonyl (C=O) groups excluding carboxylic acids is 1. The van der Waals surface area contributed by atoms with E-state index in [1.165, 1.54) is 18.2 Å². The summed E-state index contributed by atoms with van der Waals surface area (Å²) in [4.78, 5) is 21.6. The van der Waals surface area contributed by atoms with E-state index in [0.29, 0.717) is 0 Å². The fourth-order valence-corrected chi connectivity index (χ4v) is 2.09. The molecular formula is C13H8FN2O5S-. The van der Waals surface area contributed by atoms with Gasteiger partial charge in [-0.15, -0.1) is 0 Å². The number of halogens is 1. The maximum Gasteiger partial charge on any atom is 0.306 e. The summed E-state index contributed by atoms with van der Waals surface area (Å²) in [5.41, 5.74) is -0.701. The Morgan fingerprint density at radius 2 is 1.95 bits per heavy atom. The molecule has 7 nitrogen and oxygen atoms in total. The molecule has 1 unspecified atom stereocenters. The predicted octanol–water partition coefficient (Wildman–Crippen LogP) is 2.22. The number of hydrogen-bond acceptors (Lipinski definition) is 5. The van der Waals surface area contributed by atoms with Gasteiger partial charge < -0.3 is 9.87 Å². The summed E-state index contributed by atoms with van der Waals surface area (Å²) in [5.74, 6) is -1.69. The lowest BCUT2D eigenvalue weighted by molar-refractivity contribution is -0.387. The Kier molecular flexibility index (Phi) is 4.59. The van der Waals surface area contributed by atoms with E-state index < -0.39 is 33.4 Å². The minimum atomic E-state index is -2.48. The minimum Gasteiger partial charge on any atom is -0.768 e. The van der Waals surface area contributed by atoms with E-state index in [1.807, 2.05) is 0 Å². The van der Waals surface area contributed by atoms with Gasteiger partial charge >= 0.3 is 5.69 Å². The molecule has 0 bridgehead atoms. The molecule has 1 atom stereocenters. The SMILES string of the molecule is O=C(Nc1ccc(F)c([N+](=O)[O-])c1)c1cccc(S(=O)[O-])c1. The Labute approximate surface area is 126 Å². The fourth-order valence-electron chi connectivity index (χ4n) is 1.67. The van der Waals surface area contributed by atoms with Crippen molar-refractivity contribution in [3.63, 3.8) is 0 Å². The average Bonchev–Trinajstić information content (AvgIpc) is 2.49. The van der Waals surface area contributed by atoms with Crippen LogP contribution in [0.4, 0.5) is 15.8 Å². The highest BCUT2D eigenvalue weighted by molar-refractivity contribution is 7.79. The van der Waals surface area contributed by atoms with E-state index in [1.54, 1.807) is 0 Å². The first-order chi connectivity index (χ1) is 10.4. The van der Waals surface area contributed by atoms with Crippen LogP contribution in [0.1, 0.15) is 10.4 Å². The molecule has 114 valence electrons. The number of carbonyl (C=O) groups is 1. The molecule has 22 heavy (non-hydrogen) atoms. The van der Waals surface area contributed by atoms with Crippen molar-refractivity contribution in [1.29, 1.82) is 0 Å². The zero-order valence-electron chi connectivity index (χ0n) is 10.8. The van der Waals surface area contributed by atoms with Crippen LogP contribution in [0.5, 0.6) is 0 Å². The van der Waals surface area contributed by atoms with Crippen LogP contribution in [0.3, 0.4) is 0 Å². The van der Waals surface area contributed by atoms with Gasteiger partial charge in [-0.1, -0.05) is 6.07 Å². The summed E-state index contributed by atoms with van der Waals surface area (Å²) in [7, 11) is 0. The van der Waals surface area contributed by atoms with E-state index in [9.17, 15) is 28.1 Å². The van der Waals surface area contributed by atoms with Crippen LogP contribution >= 0.6 is 0 Å². The van der Waals surface area contributed by atoms with Gasteiger partial charge in [-0.05, 0) is 41.4 Å². The number of hydrogen-bond donors (Lipinski definition) is 1. The van der Waals surface area contributed by atoms with Crippen molar-refractivity contribution < 1.29 is 22.9 Å². The van der Waals surface area contributed by atoms with Gasteiger partial charge in [-0.25, -0.2) is 0 Å². The molecule has 0 aromatic heterocycles.